The van der Waals surface area contributed by atoms with E-state index in [1.54, 1.807) is 13.2 Å². The highest BCUT2D eigenvalue weighted by Gasteiger charge is 2.08. The van der Waals surface area contributed by atoms with E-state index in [4.69, 9.17) is 9.47 Å². The van der Waals surface area contributed by atoms with Crippen LogP contribution in [0.3, 0.4) is 0 Å². The van der Waals surface area contributed by atoms with E-state index in [1.165, 1.54) is 36.3 Å². The van der Waals surface area contributed by atoms with Gasteiger partial charge in [0.1, 0.15) is 5.75 Å². The molecular formula is C17H16FN3O2S2. The van der Waals surface area contributed by atoms with Gasteiger partial charge in [-0.3, -0.25) is 0 Å². The summed E-state index contributed by atoms with van der Waals surface area (Å²) in [5.41, 5.74) is 1.77. The molecule has 1 N–H and O–H groups in total. The Balaban J connectivity index is 1.58. The van der Waals surface area contributed by atoms with Crippen LogP contribution >= 0.6 is 23.1 Å². The fourth-order valence-electron chi connectivity index (χ4n) is 2.06. The number of hydrogen-bond donors (Lipinski definition) is 1. The standard InChI is InChI=1S/C17H16FN3O2S2/c1-22-13-6-4-12(5-7-13)19-16-20-21-17(25-16)24-10-11-3-8-15(23-2)14(18)9-11/h3-9H,10H2,1-2H3,(H,19,20). The summed E-state index contributed by atoms with van der Waals surface area (Å²) in [6, 6.07) is 12.5. The minimum absolute atomic E-state index is 0.246. The number of hydrogen-bond acceptors (Lipinski definition) is 7. The molecule has 130 valence electrons. The minimum Gasteiger partial charge on any atom is -0.497 e. The Hall–Kier alpha value is -2.32. The molecule has 0 aliphatic carbocycles. The first-order valence-corrected chi connectivity index (χ1v) is 9.18. The summed E-state index contributed by atoms with van der Waals surface area (Å²) in [5.74, 6) is 1.29. The van der Waals surface area contributed by atoms with Gasteiger partial charge in [-0.15, -0.1) is 10.2 Å². The van der Waals surface area contributed by atoms with Gasteiger partial charge in [-0.2, -0.15) is 0 Å². The molecule has 0 spiro atoms. The summed E-state index contributed by atoms with van der Waals surface area (Å²) in [5, 5.41) is 12.2. The van der Waals surface area contributed by atoms with Crippen LogP contribution in [0.1, 0.15) is 5.56 Å². The van der Waals surface area contributed by atoms with E-state index < -0.39 is 0 Å². The predicted octanol–water partition coefficient (Wildman–Crippen LogP) is 4.73. The second kappa shape index (κ2) is 8.17. The van der Waals surface area contributed by atoms with Gasteiger partial charge in [0.2, 0.25) is 5.13 Å². The van der Waals surface area contributed by atoms with Crippen LogP contribution in [0, 0.1) is 5.82 Å². The number of nitrogens with zero attached hydrogens (tertiary/aromatic N) is 2. The maximum absolute atomic E-state index is 13.7. The lowest BCUT2D eigenvalue weighted by atomic mass is 10.2. The number of nitrogens with one attached hydrogen (secondary N) is 1. The van der Waals surface area contributed by atoms with Crippen molar-refractivity contribution in [2.75, 3.05) is 19.5 Å². The van der Waals surface area contributed by atoms with Crippen LogP contribution in [0.2, 0.25) is 0 Å². The largest absolute Gasteiger partial charge is 0.497 e. The summed E-state index contributed by atoms with van der Waals surface area (Å²) in [4.78, 5) is 0. The number of halogens is 1. The van der Waals surface area contributed by atoms with E-state index in [1.807, 2.05) is 30.3 Å². The minimum atomic E-state index is -0.361. The third-order valence-corrected chi connectivity index (χ3v) is 5.37. The molecule has 0 saturated heterocycles. The number of anilines is 2. The lowest BCUT2D eigenvalue weighted by Crippen LogP contribution is -1.90. The van der Waals surface area contributed by atoms with Crippen molar-refractivity contribution in [3.63, 3.8) is 0 Å². The maximum Gasteiger partial charge on any atom is 0.210 e. The highest BCUT2D eigenvalue weighted by molar-refractivity contribution is 8.00. The Kier molecular flexibility index (Phi) is 5.72. The third kappa shape index (κ3) is 4.61. The predicted molar refractivity (Wildman–Crippen MR) is 98.7 cm³/mol. The maximum atomic E-state index is 13.7. The fourth-order valence-corrected chi connectivity index (χ4v) is 3.78. The van der Waals surface area contributed by atoms with Crippen LogP contribution in [0.15, 0.2) is 46.8 Å². The molecular weight excluding hydrogens is 361 g/mol. The van der Waals surface area contributed by atoms with Gasteiger partial charge in [0.15, 0.2) is 15.9 Å². The van der Waals surface area contributed by atoms with E-state index in [2.05, 4.69) is 15.5 Å². The lowest BCUT2D eigenvalue weighted by Gasteiger charge is -2.04. The summed E-state index contributed by atoms with van der Waals surface area (Å²) >= 11 is 2.96. The lowest BCUT2D eigenvalue weighted by molar-refractivity contribution is 0.386. The molecule has 0 bridgehead atoms. The number of aromatic nitrogens is 2. The van der Waals surface area contributed by atoms with Gasteiger partial charge in [-0.25, -0.2) is 4.39 Å². The van der Waals surface area contributed by atoms with Crippen molar-refractivity contribution in [1.29, 1.82) is 0 Å². The van der Waals surface area contributed by atoms with Crippen molar-refractivity contribution in [3.05, 3.63) is 53.8 Å². The Labute approximate surface area is 153 Å². The number of benzene rings is 2. The first-order valence-electron chi connectivity index (χ1n) is 7.37. The number of methoxy groups -OCH3 is 2. The second-order valence-corrected chi connectivity index (χ2v) is 7.18. The number of ether oxygens (including phenoxy) is 2. The summed E-state index contributed by atoms with van der Waals surface area (Å²) in [7, 11) is 3.08. The first kappa shape index (κ1) is 17.5. The van der Waals surface area contributed by atoms with E-state index >= 15 is 0 Å². The van der Waals surface area contributed by atoms with Gasteiger partial charge in [0.05, 0.1) is 14.2 Å². The quantitative estimate of drug-likeness (QED) is 0.601. The highest BCUT2D eigenvalue weighted by Crippen LogP contribution is 2.31. The monoisotopic (exact) mass is 377 g/mol. The zero-order valence-corrected chi connectivity index (χ0v) is 15.3. The molecule has 0 aliphatic rings. The smallest absolute Gasteiger partial charge is 0.210 e. The summed E-state index contributed by atoms with van der Waals surface area (Å²) < 4.78 is 24.6. The van der Waals surface area contributed by atoms with Gasteiger partial charge in [-0.05, 0) is 42.0 Å². The molecule has 2 aromatic carbocycles. The van der Waals surface area contributed by atoms with E-state index in [9.17, 15) is 4.39 Å². The van der Waals surface area contributed by atoms with E-state index in [0.717, 1.165) is 21.3 Å². The van der Waals surface area contributed by atoms with Gasteiger partial charge in [-0.1, -0.05) is 29.2 Å². The van der Waals surface area contributed by atoms with Gasteiger partial charge >= 0.3 is 0 Å². The fraction of sp³-hybridized carbons (Fsp3) is 0.176. The van der Waals surface area contributed by atoms with Crippen LogP contribution in [0.25, 0.3) is 0 Å². The average molecular weight is 377 g/mol. The molecule has 5 nitrogen and oxygen atoms in total. The molecule has 0 saturated carbocycles. The Morgan fingerprint density at radius 2 is 1.88 bits per heavy atom. The molecule has 3 aromatic rings. The molecule has 0 amide bonds. The van der Waals surface area contributed by atoms with Crippen molar-refractivity contribution in [2.24, 2.45) is 0 Å². The molecule has 1 heterocycles. The number of rotatable bonds is 7. The second-order valence-electron chi connectivity index (χ2n) is 4.98. The molecule has 0 unspecified atom stereocenters. The Bertz CT molecular complexity index is 840. The zero-order chi connectivity index (χ0) is 17.6. The van der Waals surface area contributed by atoms with Crippen molar-refractivity contribution in [1.82, 2.24) is 10.2 Å². The van der Waals surface area contributed by atoms with Gasteiger partial charge in [0.25, 0.3) is 0 Å². The van der Waals surface area contributed by atoms with Crippen molar-refractivity contribution in [3.8, 4) is 11.5 Å². The topological polar surface area (TPSA) is 56.3 Å². The highest BCUT2D eigenvalue weighted by atomic mass is 32.2. The summed E-state index contributed by atoms with van der Waals surface area (Å²) in [6.45, 7) is 0. The SMILES string of the molecule is COc1ccc(Nc2nnc(SCc3ccc(OC)c(F)c3)s2)cc1. The molecule has 0 fully saturated rings. The van der Waals surface area contributed by atoms with Gasteiger partial charge < -0.3 is 14.8 Å². The zero-order valence-electron chi connectivity index (χ0n) is 13.7. The van der Waals surface area contributed by atoms with Crippen LogP contribution in [-0.4, -0.2) is 24.4 Å². The van der Waals surface area contributed by atoms with Crippen molar-refractivity contribution >= 4 is 33.9 Å². The van der Waals surface area contributed by atoms with Crippen LogP contribution in [0.5, 0.6) is 11.5 Å². The van der Waals surface area contributed by atoms with E-state index in [-0.39, 0.29) is 11.6 Å². The average Bonchev–Trinajstić information content (AvgIpc) is 3.08. The molecule has 0 radical (unpaired) electrons. The molecule has 1 aromatic heterocycles. The summed E-state index contributed by atoms with van der Waals surface area (Å²) in [6.07, 6.45) is 0. The first-order chi connectivity index (χ1) is 12.2. The normalized spacial score (nSPS) is 10.5. The molecule has 25 heavy (non-hydrogen) atoms. The Morgan fingerprint density at radius 3 is 2.56 bits per heavy atom. The number of thioether (sulfide) groups is 1. The molecule has 0 atom stereocenters. The van der Waals surface area contributed by atoms with E-state index in [0.29, 0.717) is 10.9 Å². The van der Waals surface area contributed by atoms with Gasteiger partial charge in [0, 0.05) is 11.4 Å². The van der Waals surface area contributed by atoms with Crippen LogP contribution < -0.4 is 14.8 Å². The molecule has 8 heteroatoms. The Morgan fingerprint density at radius 1 is 1.08 bits per heavy atom. The molecule has 0 aliphatic heterocycles. The van der Waals surface area contributed by atoms with Crippen LogP contribution in [-0.2, 0) is 5.75 Å². The van der Waals surface area contributed by atoms with Crippen molar-refractivity contribution in [2.45, 2.75) is 10.1 Å². The molecule has 3 rings (SSSR count). The van der Waals surface area contributed by atoms with Crippen molar-refractivity contribution < 1.29 is 13.9 Å². The van der Waals surface area contributed by atoms with Crippen LogP contribution in [0.4, 0.5) is 15.2 Å². The third-order valence-electron chi connectivity index (χ3n) is 3.33.